The fourth-order valence-corrected chi connectivity index (χ4v) is 2.86. The fraction of sp³-hybridized carbons (Fsp3) is 0.263. The van der Waals surface area contributed by atoms with Gasteiger partial charge in [0.25, 0.3) is 5.91 Å². The number of nitrogens with one attached hydrogen (secondary N) is 1. The zero-order chi connectivity index (χ0) is 17.8. The highest BCUT2D eigenvalue weighted by atomic mass is 35.5. The molecule has 0 aromatic heterocycles. The van der Waals surface area contributed by atoms with E-state index in [0.717, 1.165) is 16.9 Å². The number of fused-ring (bicyclic) bond motifs is 1. The van der Waals surface area contributed by atoms with Crippen molar-refractivity contribution in [3.63, 3.8) is 0 Å². The second kappa shape index (κ2) is 7.57. The predicted octanol–water partition coefficient (Wildman–Crippen LogP) is 3.38. The lowest BCUT2D eigenvalue weighted by atomic mass is 9.97. The average molecular weight is 360 g/mol. The highest BCUT2D eigenvalue weighted by Gasteiger charge is 2.28. The molecule has 2 aromatic rings. The summed E-state index contributed by atoms with van der Waals surface area (Å²) in [6.07, 6.45) is 0.480. The SMILES string of the molecule is Cc1ccccc1NC(=O)COC(=O)[C@@H]1COc2ccc(Cl)cc2C1. The molecule has 0 fully saturated rings. The summed E-state index contributed by atoms with van der Waals surface area (Å²) in [6.45, 7) is 1.79. The number of hydrogen-bond donors (Lipinski definition) is 1. The Kier molecular flexibility index (Phi) is 5.24. The Morgan fingerprint density at radius 1 is 1.28 bits per heavy atom. The summed E-state index contributed by atoms with van der Waals surface area (Å²) >= 11 is 5.97. The first-order valence-corrected chi connectivity index (χ1v) is 8.34. The van der Waals surface area contributed by atoms with E-state index in [-0.39, 0.29) is 19.1 Å². The molecule has 1 heterocycles. The zero-order valence-corrected chi connectivity index (χ0v) is 14.5. The minimum absolute atomic E-state index is 0.229. The topological polar surface area (TPSA) is 64.6 Å². The summed E-state index contributed by atoms with van der Waals surface area (Å²) < 4.78 is 10.7. The van der Waals surface area contributed by atoms with Crippen molar-refractivity contribution in [2.24, 2.45) is 5.92 Å². The van der Waals surface area contributed by atoms with Crippen molar-refractivity contribution >= 4 is 29.2 Å². The number of anilines is 1. The van der Waals surface area contributed by atoms with Crippen LogP contribution in [0.2, 0.25) is 5.02 Å². The number of rotatable bonds is 4. The van der Waals surface area contributed by atoms with Crippen LogP contribution in [0, 0.1) is 12.8 Å². The molecule has 0 aliphatic carbocycles. The van der Waals surface area contributed by atoms with E-state index in [0.29, 0.717) is 17.1 Å². The minimum Gasteiger partial charge on any atom is -0.492 e. The highest BCUT2D eigenvalue weighted by molar-refractivity contribution is 6.30. The van der Waals surface area contributed by atoms with Crippen LogP contribution in [0.25, 0.3) is 0 Å². The van der Waals surface area contributed by atoms with Gasteiger partial charge in [-0.3, -0.25) is 9.59 Å². The third-order valence-electron chi connectivity index (χ3n) is 4.03. The first-order valence-electron chi connectivity index (χ1n) is 7.96. The van der Waals surface area contributed by atoms with E-state index in [1.54, 1.807) is 24.3 Å². The van der Waals surface area contributed by atoms with Crippen LogP contribution in [-0.2, 0) is 20.7 Å². The molecule has 1 amide bonds. The standard InChI is InChI=1S/C19H18ClNO4/c1-12-4-2-3-5-16(12)21-18(22)11-25-19(23)14-8-13-9-15(20)6-7-17(13)24-10-14/h2-7,9,14H,8,10-11H2,1H3,(H,21,22)/t14-/m0/s1. The molecule has 0 unspecified atom stereocenters. The van der Waals surface area contributed by atoms with Crippen molar-refractivity contribution < 1.29 is 19.1 Å². The number of amides is 1. The van der Waals surface area contributed by atoms with E-state index in [9.17, 15) is 9.59 Å². The van der Waals surface area contributed by atoms with E-state index in [2.05, 4.69) is 5.32 Å². The largest absolute Gasteiger partial charge is 0.492 e. The molecule has 0 spiro atoms. The minimum atomic E-state index is -0.453. The van der Waals surface area contributed by atoms with Crippen molar-refractivity contribution in [3.8, 4) is 5.75 Å². The van der Waals surface area contributed by atoms with Gasteiger partial charge in [-0.15, -0.1) is 0 Å². The summed E-state index contributed by atoms with van der Waals surface area (Å²) in [6, 6.07) is 12.7. The van der Waals surface area contributed by atoms with Gasteiger partial charge in [-0.25, -0.2) is 0 Å². The fourth-order valence-electron chi connectivity index (χ4n) is 2.67. The number of ether oxygens (including phenoxy) is 2. The smallest absolute Gasteiger partial charge is 0.313 e. The summed E-state index contributed by atoms with van der Waals surface area (Å²) in [5.74, 6) is -0.545. The Balaban J connectivity index is 1.53. The van der Waals surface area contributed by atoms with E-state index in [1.807, 2.05) is 25.1 Å². The molecule has 0 bridgehead atoms. The molecule has 2 aromatic carbocycles. The lowest BCUT2D eigenvalue weighted by Crippen LogP contribution is -2.32. The monoisotopic (exact) mass is 359 g/mol. The zero-order valence-electron chi connectivity index (χ0n) is 13.8. The Bertz CT molecular complexity index is 806. The van der Waals surface area contributed by atoms with Crippen molar-refractivity contribution in [2.45, 2.75) is 13.3 Å². The lowest BCUT2D eigenvalue weighted by Gasteiger charge is -2.24. The Morgan fingerprint density at radius 2 is 2.08 bits per heavy atom. The van der Waals surface area contributed by atoms with Crippen LogP contribution >= 0.6 is 11.6 Å². The summed E-state index contributed by atoms with van der Waals surface area (Å²) in [7, 11) is 0. The molecule has 5 nitrogen and oxygen atoms in total. The lowest BCUT2D eigenvalue weighted by molar-refractivity contribution is -0.152. The molecule has 25 heavy (non-hydrogen) atoms. The number of hydrogen-bond acceptors (Lipinski definition) is 4. The van der Waals surface area contributed by atoms with E-state index in [4.69, 9.17) is 21.1 Å². The number of aryl methyl sites for hydroxylation is 1. The summed E-state index contributed by atoms with van der Waals surface area (Å²) in [4.78, 5) is 24.2. The van der Waals surface area contributed by atoms with Gasteiger partial charge in [-0.1, -0.05) is 29.8 Å². The van der Waals surface area contributed by atoms with Crippen molar-refractivity contribution in [2.75, 3.05) is 18.5 Å². The molecule has 0 saturated carbocycles. The van der Waals surface area contributed by atoms with Crippen LogP contribution < -0.4 is 10.1 Å². The normalized spacial score (nSPS) is 15.7. The quantitative estimate of drug-likeness (QED) is 0.850. The molecule has 1 aliphatic heterocycles. The molecule has 3 rings (SSSR count). The number of esters is 1. The van der Waals surface area contributed by atoms with Crippen LogP contribution in [0.4, 0.5) is 5.69 Å². The number of halogens is 1. The van der Waals surface area contributed by atoms with Crippen LogP contribution in [0.1, 0.15) is 11.1 Å². The van der Waals surface area contributed by atoms with Gasteiger partial charge in [0.05, 0.1) is 5.92 Å². The molecule has 1 aliphatic rings. The Hall–Kier alpha value is -2.53. The first-order chi connectivity index (χ1) is 12.0. The number of para-hydroxylation sites is 1. The Labute approximate surface area is 150 Å². The van der Waals surface area contributed by atoms with Crippen LogP contribution in [0.5, 0.6) is 5.75 Å². The second-order valence-electron chi connectivity index (χ2n) is 5.93. The molecule has 0 saturated heterocycles. The maximum absolute atomic E-state index is 12.2. The first kappa shape index (κ1) is 17.3. The molecule has 0 radical (unpaired) electrons. The average Bonchev–Trinajstić information content (AvgIpc) is 2.61. The van der Waals surface area contributed by atoms with E-state index in [1.165, 1.54) is 0 Å². The summed E-state index contributed by atoms with van der Waals surface area (Å²) in [5, 5.41) is 3.32. The molecule has 130 valence electrons. The molecule has 6 heteroatoms. The molecular weight excluding hydrogens is 342 g/mol. The van der Waals surface area contributed by atoms with Crippen LogP contribution in [-0.4, -0.2) is 25.1 Å². The third kappa shape index (κ3) is 4.31. The van der Waals surface area contributed by atoms with Gasteiger partial charge >= 0.3 is 5.97 Å². The van der Waals surface area contributed by atoms with Gasteiger partial charge in [-0.2, -0.15) is 0 Å². The van der Waals surface area contributed by atoms with Crippen LogP contribution in [0.3, 0.4) is 0 Å². The number of benzene rings is 2. The molecular formula is C19H18ClNO4. The van der Waals surface area contributed by atoms with Gasteiger partial charge < -0.3 is 14.8 Å². The van der Waals surface area contributed by atoms with E-state index >= 15 is 0 Å². The third-order valence-corrected chi connectivity index (χ3v) is 4.26. The number of carbonyl (C=O) groups is 2. The maximum atomic E-state index is 12.2. The number of carbonyl (C=O) groups excluding carboxylic acids is 2. The highest BCUT2D eigenvalue weighted by Crippen LogP contribution is 2.30. The van der Waals surface area contributed by atoms with Crippen molar-refractivity contribution in [1.29, 1.82) is 0 Å². The van der Waals surface area contributed by atoms with E-state index < -0.39 is 11.9 Å². The van der Waals surface area contributed by atoms with Crippen molar-refractivity contribution in [1.82, 2.24) is 0 Å². The van der Waals surface area contributed by atoms with Gasteiger partial charge in [-0.05, 0) is 48.7 Å². The molecule has 1 atom stereocenters. The van der Waals surface area contributed by atoms with Gasteiger partial charge in [0.2, 0.25) is 0 Å². The van der Waals surface area contributed by atoms with Gasteiger partial charge in [0.15, 0.2) is 6.61 Å². The van der Waals surface area contributed by atoms with Gasteiger partial charge in [0.1, 0.15) is 12.4 Å². The second-order valence-corrected chi connectivity index (χ2v) is 6.37. The summed E-state index contributed by atoms with van der Waals surface area (Å²) in [5.41, 5.74) is 2.51. The van der Waals surface area contributed by atoms with Crippen molar-refractivity contribution in [3.05, 3.63) is 58.6 Å². The maximum Gasteiger partial charge on any atom is 0.313 e. The predicted molar refractivity (Wildman–Crippen MR) is 94.9 cm³/mol. The van der Waals surface area contributed by atoms with Gasteiger partial charge in [0, 0.05) is 10.7 Å². The van der Waals surface area contributed by atoms with Crippen LogP contribution in [0.15, 0.2) is 42.5 Å². The molecule has 1 N–H and O–H groups in total. The Morgan fingerprint density at radius 3 is 2.88 bits per heavy atom.